The first-order chi connectivity index (χ1) is 13.2. The van der Waals surface area contributed by atoms with Gasteiger partial charge < -0.3 is 9.30 Å². The lowest BCUT2D eigenvalue weighted by atomic mass is 10.2. The average Bonchev–Trinajstić information content (AvgIpc) is 3.02. The molecule has 0 radical (unpaired) electrons. The second-order valence-electron chi connectivity index (χ2n) is 5.82. The number of carbonyl (C=O) groups excluding carboxylic acids is 1. The van der Waals surface area contributed by atoms with Gasteiger partial charge in [-0.3, -0.25) is 20.3 Å². The van der Waals surface area contributed by atoms with Crippen LogP contribution >= 0.6 is 0 Å². The van der Waals surface area contributed by atoms with Crippen LogP contribution in [0.5, 0.6) is 5.75 Å². The quantitative estimate of drug-likeness (QED) is 0.475. The number of amides is 1. The number of nitro benzene ring substituents is 1. The first-order valence-corrected chi connectivity index (χ1v) is 9.41. The zero-order valence-corrected chi connectivity index (χ0v) is 15.7. The smallest absolute Gasteiger partial charge is 0.293 e. The third kappa shape index (κ3) is 3.52. The van der Waals surface area contributed by atoms with Crippen LogP contribution in [-0.2, 0) is 17.1 Å². The Morgan fingerprint density at radius 2 is 1.93 bits per heavy atom. The highest BCUT2D eigenvalue weighted by atomic mass is 32.2. The summed E-state index contributed by atoms with van der Waals surface area (Å²) in [5, 5.41) is 11.8. The Balaban J connectivity index is 1.87. The van der Waals surface area contributed by atoms with Crippen LogP contribution in [0.25, 0.3) is 10.9 Å². The summed E-state index contributed by atoms with van der Waals surface area (Å²) in [7, 11) is -1.34. The van der Waals surface area contributed by atoms with Crippen LogP contribution in [0.15, 0.2) is 53.6 Å². The van der Waals surface area contributed by atoms with Crippen LogP contribution in [0.2, 0.25) is 0 Å². The van der Waals surface area contributed by atoms with E-state index < -0.39 is 31.4 Å². The predicted molar refractivity (Wildman–Crippen MR) is 100 cm³/mol. The number of benzene rings is 2. The third-order valence-corrected chi connectivity index (χ3v) is 5.39. The topological polar surface area (TPSA) is 133 Å². The minimum absolute atomic E-state index is 0.130. The molecule has 11 heteroatoms. The van der Waals surface area contributed by atoms with E-state index in [2.05, 4.69) is 5.43 Å². The molecule has 0 aliphatic rings. The normalized spacial score (nSPS) is 11.4. The van der Waals surface area contributed by atoms with Gasteiger partial charge in [0.25, 0.3) is 21.6 Å². The fraction of sp³-hybridized carbons (Fsp3) is 0.118. The lowest BCUT2D eigenvalue weighted by molar-refractivity contribution is -0.387. The van der Waals surface area contributed by atoms with E-state index >= 15 is 0 Å². The highest BCUT2D eigenvalue weighted by Gasteiger charge is 2.27. The van der Waals surface area contributed by atoms with Crippen LogP contribution in [0.3, 0.4) is 0 Å². The Hall–Kier alpha value is -3.44. The van der Waals surface area contributed by atoms with Gasteiger partial charge in [0, 0.05) is 24.1 Å². The van der Waals surface area contributed by atoms with Crippen molar-refractivity contribution in [1.82, 2.24) is 14.8 Å². The van der Waals surface area contributed by atoms with Crippen molar-refractivity contribution in [3.63, 3.8) is 0 Å². The summed E-state index contributed by atoms with van der Waals surface area (Å²) >= 11 is 0. The van der Waals surface area contributed by atoms with Gasteiger partial charge in [0.1, 0.15) is 5.75 Å². The van der Waals surface area contributed by atoms with Gasteiger partial charge in [0.15, 0.2) is 4.90 Å². The molecule has 1 aromatic heterocycles. The molecule has 0 unspecified atom stereocenters. The molecule has 0 bridgehead atoms. The minimum Gasteiger partial charge on any atom is -0.497 e. The lowest BCUT2D eigenvalue weighted by Crippen LogP contribution is -2.41. The molecule has 146 valence electrons. The van der Waals surface area contributed by atoms with E-state index in [4.69, 9.17) is 4.74 Å². The summed E-state index contributed by atoms with van der Waals surface area (Å²) < 4.78 is 31.6. The molecule has 3 rings (SSSR count). The number of hydrogen-bond donors (Lipinski definition) is 2. The first kappa shape index (κ1) is 19.3. The number of rotatable bonds is 6. The summed E-state index contributed by atoms with van der Waals surface area (Å²) in [5.74, 6) is -0.568. The molecule has 2 aromatic carbocycles. The van der Waals surface area contributed by atoms with Crippen molar-refractivity contribution in [2.24, 2.45) is 7.05 Å². The Kier molecular flexibility index (Phi) is 5.03. The number of methoxy groups -OCH3 is 1. The van der Waals surface area contributed by atoms with E-state index in [0.29, 0.717) is 5.39 Å². The molecule has 3 aromatic rings. The third-order valence-electron chi connectivity index (χ3n) is 4.09. The summed E-state index contributed by atoms with van der Waals surface area (Å²) in [4.78, 5) is 24.1. The van der Waals surface area contributed by atoms with Crippen molar-refractivity contribution in [2.75, 3.05) is 7.11 Å². The van der Waals surface area contributed by atoms with Crippen LogP contribution < -0.4 is 15.0 Å². The number of ether oxygens (including phenoxy) is 1. The molecular formula is C17H16N4O6S. The number of nitrogens with one attached hydrogen (secondary N) is 2. The van der Waals surface area contributed by atoms with Gasteiger partial charge in [-0.05, 0) is 18.2 Å². The second kappa shape index (κ2) is 7.29. The second-order valence-corrected chi connectivity index (χ2v) is 7.47. The standard InChI is InChI=1S/C17H16N4O6S/c1-20-10-13(12-5-3-4-6-14(12)20)17(22)18-19-28(25,26)16-8-7-11(27-2)9-15(16)21(23)24/h3-10,19H,1-2H3,(H,18,22). The zero-order valence-electron chi connectivity index (χ0n) is 14.9. The number of hydrogen-bond acceptors (Lipinski definition) is 6. The minimum atomic E-state index is -4.40. The van der Waals surface area contributed by atoms with E-state index in [1.54, 1.807) is 29.9 Å². The molecule has 28 heavy (non-hydrogen) atoms. The maximum atomic E-state index is 12.5. The van der Waals surface area contributed by atoms with Crippen molar-refractivity contribution < 1.29 is 22.9 Å². The zero-order chi connectivity index (χ0) is 20.5. The molecule has 0 aliphatic heterocycles. The number of aryl methyl sites for hydroxylation is 1. The van der Waals surface area contributed by atoms with Gasteiger partial charge in [-0.2, -0.15) is 0 Å². The Labute approximate surface area is 159 Å². The molecule has 10 nitrogen and oxygen atoms in total. The van der Waals surface area contributed by atoms with E-state index in [0.717, 1.165) is 17.6 Å². The van der Waals surface area contributed by atoms with Crippen LogP contribution in [-0.4, -0.2) is 30.9 Å². The molecular weight excluding hydrogens is 388 g/mol. The first-order valence-electron chi connectivity index (χ1n) is 7.93. The fourth-order valence-electron chi connectivity index (χ4n) is 2.75. The van der Waals surface area contributed by atoms with Crippen molar-refractivity contribution in [3.05, 3.63) is 64.3 Å². The van der Waals surface area contributed by atoms with Crippen molar-refractivity contribution >= 4 is 32.5 Å². The van der Waals surface area contributed by atoms with Crippen LogP contribution in [0.1, 0.15) is 10.4 Å². The summed E-state index contributed by atoms with van der Waals surface area (Å²) in [5.41, 5.74) is 2.47. The van der Waals surface area contributed by atoms with Gasteiger partial charge in [-0.1, -0.05) is 18.2 Å². The van der Waals surface area contributed by atoms with Crippen LogP contribution in [0, 0.1) is 10.1 Å². The van der Waals surface area contributed by atoms with Crippen molar-refractivity contribution in [2.45, 2.75) is 4.90 Å². The average molecular weight is 404 g/mol. The van der Waals surface area contributed by atoms with Gasteiger partial charge in [0.2, 0.25) is 0 Å². The van der Waals surface area contributed by atoms with E-state index in [-0.39, 0.29) is 11.3 Å². The van der Waals surface area contributed by atoms with Gasteiger partial charge in [-0.15, -0.1) is 4.83 Å². The number of nitrogens with zero attached hydrogens (tertiary/aromatic N) is 2. The summed E-state index contributed by atoms with van der Waals surface area (Å²) in [6.45, 7) is 0. The summed E-state index contributed by atoms with van der Waals surface area (Å²) in [6.07, 6.45) is 1.56. The number of hydrazine groups is 1. The van der Waals surface area contributed by atoms with Crippen LogP contribution in [0.4, 0.5) is 5.69 Å². The molecule has 0 atom stereocenters. The Bertz CT molecular complexity index is 1190. The molecule has 2 N–H and O–H groups in total. The van der Waals surface area contributed by atoms with Crippen molar-refractivity contribution in [1.29, 1.82) is 0 Å². The highest BCUT2D eigenvalue weighted by Crippen LogP contribution is 2.28. The van der Waals surface area contributed by atoms with Crippen molar-refractivity contribution in [3.8, 4) is 5.75 Å². The number of sulfonamides is 1. The number of carbonyl (C=O) groups is 1. The Morgan fingerprint density at radius 1 is 1.21 bits per heavy atom. The van der Waals surface area contributed by atoms with E-state index in [1.165, 1.54) is 13.2 Å². The fourth-order valence-corrected chi connectivity index (χ4v) is 3.75. The Morgan fingerprint density at radius 3 is 2.61 bits per heavy atom. The monoisotopic (exact) mass is 404 g/mol. The predicted octanol–water partition coefficient (Wildman–Crippen LogP) is 1.72. The number of para-hydroxylation sites is 1. The molecule has 0 saturated carbocycles. The number of fused-ring (bicyclic) bond motifs is 1. The lowest BCUT2D eigenvalue weighted by Gasteiger charge is -2.09. The number of nitro groups is 1. The molecule has 0 aliphatic carbocycles. The van der Waals surface area contributed by atoms with Gasteiger partial charge in [0.05, 0.1) is 23.7 Å². The molecule has 0 saturated heterocycles. The maximum absolute atomic E-state index is 12.5. The SMILES string of the molecule is COc1ccc(S(=O)(=O)NNC(=O)c2cn(C)c3ccccc23)c([N+](=O)[O-])c1. The molecule has 1 heterocycles. The van der Waals surface area contributed by atoms with Gasteiger partial charge >= 0.3 is 0 Å². The maximum Gasteiger partial charge on any atom is 0.293 e. The highest BCUT2D eigenvalue weighted by molar-refractivity contribution is 7.89. The van der Waals surface area contributed by atoms with E-state index in [9.17, 15) is 23.3 Å². The van der Waals surface area contributed by atoms with Gasteiger partial charge in [-0.25, -0.2) is 8.42 Å². The molecule has 0 spiro atoms. The molecule has 1 amide bonds. The van der Waals surface area contributed by atoms with E-state index in [1.807, 2.05) is 17.0 Å². The number of aromatic nitrogens is 1. The summed E-state index contributed by atoms with van der Waals surface area (Å²) in [6, 6.07) is 10.4. The molecule has 0 fully saturated rings. The largest absolute Gasteiger partial charge is 0.497 e.